The van der Waals surface area contributed by atoms with Crippen LogP contribution in [-0.4, -0.2) is 19.1 Å². The van der Waals surface area contributed by atoms with Gasteiger partial charge in [-0.25, -0.2) is 4.79 Å². The Kier molecular flexibility index (Phi) is 6.69. The van der Waals surface area contributed by atoms with Crippen molar-refractivity contribution in [3.63, 3.8) is 0 Å². The molecule has 0 saturated heterocycles. The van der Waals surface area contributed by atoms with E-state index in [9.17, 15) is 4.79 Å². The van der Waals surface area contributed by atoms with Crippen LogP contribution in [0.4, 0.5) is 17.1 Å². The second-order valence-electron chi connectivity index (χ2n) is 12.0. The van der Waals surface area contributed by atoms with E-state index in [0.29, 0.717) is 17.4 Å². The maximum Gasteiger partial charge on any atom is 0.340 e. The highest BCUT2D eigenvalue weighted by molar-refractivity contribution is 5.97. The molecule has 4 aromatic rings. The standard InChI is InChI=1S/C37H38N2O3/c1-4-10-25-15-17-26(18-16-25)38-33-23-32-34(21-24(33)2)41-35-22-28(39(3)27-11-6-5-7-12-27)19-20-31(35)37(32)30-14-9-8-13-29(30)36(40)42-37/h8-9,13-23,27,38H,4-7,10-12H2,1-3H3. The predicted octanol–water partition coefficient (Wildman–Crippen LogP) is 9.03. The number of benzene rings is 4. The summed E-state index contributed by atoms with van der Waals surface area (Å²) in [6.07, 6.45) is 8.49. The zero-order valence-corrected chi connectivity index (χ0v) is 24.7. The fraction of sp³-hybridized carbons (Fsp3) is 0.324. The second-order valence-corrected chi connectivity index (χ2v) is 12.0. The van der Waals surface area contributed by atoms with E-state index in [2.05, 4.69) is 85.7 Å². The smallest absolute Gasteiger partial charge is 0.340 e. The summed E-state index contributed by atoms with van der Waals surface area (Å²) in [7, 11) is 2.19. The molecule has 1 atom stereocenters. The highest BCUT2D eigenvalue weighted by Gasteiger charge is 2.53. The Hall–Kier alpha value is -4.25. The fourth-order valence-electron chi connectivity index (χ4n) is 7.04. The summed E-state index contributed by atoms with van der Waals surface area (Å²) >= 11 is 0. The number of aryl methyl sites for hydroxylation is 2. The van der Waals surface area contributed by atoms with Crippen molar-refractivity contribution < 1.29 is 14.3 Å². The van der Waals surface area contributed by atoms with Gasteiger partial charge in [-0.3, -0.25) is 0 Å². The van der Waals surface area contributed by atoms with Crippen LogP contribution >= 0.6 is 0 Å². The average molecular weight is 559 g/mol. The fourth-order valence-corrected chi connectivity index (χ4v) is 7.04. The molecule has 1 unspecified atom stereocenters. The number of carbonyl (C=O) groups excluding carboxylic acids is 1. The van der Waals surface area contributed by atoms with Crippen molar-refractivity contribution in [2.75, 3.05) is 17.3 Å². The minimum Gasteiger partial charge on any atom is -0.456 e. The largest absolute Gasteiger partial charge is 0.456 e. The number of rotatable bonds is 6. The quantitative estimate of drug-likeness (QED) is 0.239. The molecule has 214 valence electrons. The maximum atomic E-state index is 13.4. The lowest BCUT2D eigenvalue weighted by molar-refractivity contribution is 0.0224. The molecule has 0 amide bonds. The number of anilines is 3. The molecule has 0 bridgehead atoms. The maximum absolute atomic E-state index is 13.4. The number of nitrogens with one attached hydrogen (secondary N) is 1. The molecule has 42 heavy (non-hydrogen) atoms. The highest BCUT2D eigenvalue weighted by Crippen LogP contribution is 2.57. The van der Waals surface area contributed by atoms with Gasteiger partial charge in [-0.1, -0.05) is 62.9 Å². The van der Waals surface area contributed by atoms with Crippen molar-refractivity contribution in [3.05, 3.63) is 112 Å². The van der Waals surface area contributed by atoms with Crippen molar-refractivity contribution in [3.8, 4) is 11.5 Å². The summed E-state index contributed by atoms with van der Waals surface area (Å²) in [5.74, 6) is 1.14. The van der Waals surface area contributed by atoms with E-state index in [1.165, 1.54) is 37.7 Å². The van der Waals surface area contributed by atoms with Gasteiger partial charge in [0.25, 0.3) is 0 Å². The van der Waals surface area contributed by atoms with Crippen LogP contribution in [0.2, 0.25) is 0 Å². The molecule has 5 nitrogen and oxygen atoms in total. The van der Waals surface area contributed by atoms with Crippen LogP contribution in [0, 0.1) is 6.92 Å². The Balaban J connectivity index is 1.34. The van der Waals surface area contributed by atoms with Gasteiger partial charge >= 0.3 is 5.97 Å². The van der Waals surface area contributed by atoms with E-state index in [4.69, 9.17) is 9.47 Å². The normalized spacial score (nSPS) is 19.0. The summed E-state index contributed by atoms with van der Waals surface area (Å²) in [5, 5.41) is 3.61. The van der Waals surface area contributed by atoms with Gasteiger partial charge in [0.15, 0.2) is 5.60 Å². The SMILES string of the molecule is CCCc1ccc(Nc2cc3c(cc2C)Oc2cc(N(C)C4CCCCC4)ccc2C32OC(=O)c3ccccc32)cc1. The van der Waals surface area contributed by atoms with Crippen molar-refractivity contribution in [1.29, 1.82) is 0 Å². The topological polar surface area (TPSA) is 50.8 Å². The van der Waals surface area contributed by atoms with Gasteiger partial charge < -0.3 is 19.7 Å². The number of fused-ring (bicyclic) bond motifs is 6. The van der Waals surface area contributed by atoms with E-state index >= 15 is 0 Å². The monoisotopic (exact) mass is 558 g/mol. The molecule has 4 aromatic carbocycles. The molecule has 1 aliphatic carbocycles. The van der Waals surface area contributed by atoms with Gasteiger partial charge in [0.05, 0.1) is 5.56 Å². The lowest BCUT2D eigenvalue weighted by Crippen LogP contribution is -2.35. The number of esters is 1. The van der Waals surface area contributed by atoms with Crippen LogP contribution in [0.3, 0.4) is 0 Å². The van der Waals surface area contributed by atoms with E-state index in [0.717, 1.165) is 57.9 Å². The average Bonchev–Trinajstić information content (AvgIpc) is 3.31. The van der Waals surface area contributed by atoms with Crippen LogP contribution in [0.15, 0.2) is 78.9 Å². The zero-order valence-electron chi connectivity index (χ0n) is 24.7. The molecular weight excluding hydrogens is 520 g/mol. The molecule has 2 heterocycles. The zero-order chi connectivity index (χ0) is 28.8. The molecule has 2 aliphatic heterocycles. The third-order valence-electron chi connectivity index (χ3n) is 9.34. The van der Waals surface area contributed by atoms with Gasteiger partial charge in [-0.15, -0.1) is 0 Å². The Morgan fingerprint density at radius 2 is 1.64 bits per heavy atom. The minimum atomic E-state index is -1.09. The number of nitrogens with zero attached hydrogens (tertiary/aromatic N) is 1. The third kappa shape index (κ3) is 4.34. The van der Waals surface area contributed by atoms with Gasteiger partial charge in [0, 0.05) is 52.9 Å². The predicted molar refractivity (Wildman–Crippen MR) is 168 cm³/mol. The number of ether oxygens (including phenoxy) is 2. The van der Waals surface area contributed by atoms with Crippen LogP contribution < -0.4 is 15.0 Å². The first-order chi connectivity index (χ1) is 20.5. The van der Waals surface area contributed by atoms with Crippen molar-refractivity contribution >= 4 is 23.0 Å². The van der Waals surface area contributed by atoms with Crippen LogP contribution in [0.25, 0.3) is 0 Å². The second kappa shape index (κ2) is 10.5. The summed E-state index contributed by atoms with van der Waals surface area (Å²) in [4.78, 5) is 15.8. The summed E-state index contributed by atoms with van der Waals surface area (Å²) in [5.41, 5.74) is 7.53. The summed E-state index contributed by atoms with van der Waals surface area (Å²) < 4.78 is 13.1. The lowest BCUT2D eigenvalue weighted by atomic mass is 9.77. The molecule has 5 heteroatoms. The van der Waals surface area contributed by atoms with Crippen LogP contribution in [0.5, 0.6) is 11.5 Å². The first kappa shape index (κ1) is 26.6. The molecule has 1 fully saturated rings. The van der Waals surface area contributed by atoms with Crippen molar-refractivity contribution in [1.82, 2.24) is 0 Å². The van der Waals surface area contributed by atoms with E-state index in [1.54, 1.807) is 0 Å². The minimum absolute atomic E-state index is 0.311. The molecular formula is C37H38N2O3. The Morgan fingerprint density at radius 1 is 0.881 bits per heavy atom. The van der Waals surface area contributed by atoms with E-state index in [-0.39, 0.29) is 5.97 Å². The molecule has 3 aliphatic rings. The summed E-state index contributed by atoms with van der Waals surface area (Å²) in [6, 6.07) is 27.4. The van der Waals surface area contributed by atoms with Gasteiger partial charge in [0.2, 0.25) is 0 Å². The molecule has 0 radical (unpaired) electrons. The highest BCUT2D eigenvalue weighted by atomic mass is 16.6. The first-order valence-electron chi connectivity index (χ1n) is 15.4. The Labute approximate surface area is 248 Å². The molecule has 1 saturated carbocycles. The molecule has 1 N–H and O–H groups in total. The van der Waals surface area contributed by atoms with Gasteiger partial charge in [-0.2, -0.15) is 0 Å². The number of hydrogen-bond acceptors (Lipinski definition) is 5. The van der Waals surface area contributed by atoms with Gasteiger partial charge in [-0.05, 0) is 79.8 Å². The van der Waals surface area contributed by atoms with Crippen LogP contribution in [-0.2, 0) is 16.8 Å². The van der Waals surface area contributed by atoms with E-state index < -0.39 is 5.60 Å². The van der Waals surface area contributed by atoms with Crippen LogP contribution in [0.1, 0.15) is 83.6 Å². The van der Waals surface area contributed by atoms with Crippen molar-refractivity contribution in [2.45, 2.75) is 70.4 Å². The Morgan fingerprint density at radius 3 is 2.43 bits per heavy atom. The first-order valence-corrected chi connectivity index (χ1v) is 15.4. The molecule has 7 rings (SSSR count). The lowest BCUT2D eigenvalue weighted by Gasteiger charge is -2.38. The van der Waals surface area contributed by atoms with Crippen molar-refractivity contribution in [2.24, 2.45) is 0 Å². The third-order valence-corrected chi connectivity index (χ3v) is 9.34. The number of hydrogen-bond donors (Lipinski definition) is 1. The van der Waals surface area contributed by atoms with E-state index in [1.807, 2.05) is 24.3 Å². The molecule has 0 aromatic heterocycles. The summed E-state index contributed by atoms with van der Waals surface area (Å²) in [6.45, 7) is 4.28. The Bertz CT molecular complexity index is 1650. The van der Waals surface area contributed by atoms with Gasteiger partial charge in [0.1, 0.15) is 11.5 Å². The molecule has 1 spiro atoms. The number of carbonyl (C=O) groups is 1.